The molecular weight excluding hydrogens is 156 g/mol. The molecule has 1 saturated carbocycles. The highest BCUT2D eigenvalue weighted by molar-refractivity contribution is 5.71. The quantitative estimate of drug-likeness (QED) is 0.710. The van der Waals surface area contributed by atoms with Crippen LogP contribution in [-0.4, -0.2) is 20.9 Å². The van der Waals surface area contributed by atoms with E-state index in [-0.39, 0.29) is 12.0 Å². The molecule has 1 fully saturated rings. The maximum absolute atomic E-state index is 10.6. The molecular formula is C8H10N2O2. The van der Waals surface area contributed by atoms with Crippen LogP contribution in [0.2, 0.25) is 0 Å². The SMILES string of the molecule is O=C(O)[C@@H]1CC[C@H]1n1cccn1. The lowest BCUT2D eigenvalue weighted by Crippen LogP contribution is -2.35. The third-order valence-electron chi connectivity index (χ3n) is 2.42. The number of nitrogens with zero attached hydrogens (tertiary/aromatic N) is 2. The highest BCUT2D eigenvalue weighted by atomic mass is 16.4. The molecule has 4 heteroatoms. The summed E-state index contributed by atoms with van der Waals surface area (Å²) in [6.07, 6.45) is 5.20. The van der Waals surface area contributed by atoms with Crippen LogP contribution in [0.15, 0.2) is 18.5 Å². The van der Waals surface area contributed by atoms with E-state index in [9.17, 15) is 4.79 Å². The standard InChI is InChI=1S/C8H10N2O2/c11-8(12)6-2-3-7(6)10-5-1-4-9-10/h1,4-7H,2-3H2,(H,11,12)/t6-,7-/m1/s1. The van der Waals surface area contributed by atoms with Gasteiger partial charge in [-0.2, -0.15) is 5.10 Å². The summed E-state index contributed by atoms with van der Waals surface area (Å²) in [5, 5.41) is 12.8. The Hall–Kier alpha value is -1.32. The molecule has 1 aromatic rings. The summed E-state index contributed by atoms with van der Waals surface area (Å²) in [5.74, 6) is -0.938. The lowest BCUT2D eigenvalue weighted by atomic mass is 9.80. The van der Waals surface area contributed by atoms with E-state index in [4.69, 9.17) is 5.11 Å². The molecule has 0 aromatic carbocycles. The van der Waals surface area contributed by atoms with Gasteiger partial charge in [-0.1, -0.05) is 0 Å². The molecule has 0 aliphatic heterocycles. The van der Waals surface area contributed by atoms with Crippen LogP contribution in [0, 0.1) is 5.92 Å². The number of rotatable bonds is 2. The fourth-order valence-corrected chi connectivity index (χ4v) is 1.56. The van der Waals surface area contributed by atoms with Crippen molar-refractivity contribution in [3.8, 4) is 0 Å². The summed E-state index contributed by atoms with van der Waals surface area (Å²) in [6.45, 7) is 0. The number of carbonyl (C=O) groups is 1. The van der Waals surface area contributed by atoms with E-state index >= 15 is 0 Å². The predicted octanol–water partition coefficient (Wildman–Crippen LogP) is 0.919. The van der Waals surface area contributed by atoms with Gasteiger partial charge in [-0.05, 0) is 18.9 Å². The fraction of sp³-hybridized carbons (Fsp3) is 0.500. The number of aromatic nitrogens is 2. The first kappa shape index (κ1) is 7.34. The van der Waals surface area contributed by atoms with E-state index < -0.39 is 5.97 Å². The molecule has 0 saturated heterocycles. The summed E-state index contributed by atoms with van der Waals surface area (Å²) in [6, 6.07) is 1.90. The van der Waals surface area contributed by atoms with Crippen LogP contribution in [-0.2, 0) is 4.79 Å². The lowest BCUT2D eigenvalue weighted by molar-refractivity contribution is -0.147. The van der Waals surface area contributed by atoms with Crippen molar-refractivity contribution < 1.29 is 9.90 Å². The molecule has 2 rings (SSSR count). The number of hydrogen-bond acceptors (Lipinski definition) is 2. The third-order valence-corrected chi connectivity index (χ3v) is 2.42. The molecule has 1 aliphatic rings. The normalized spacial score (nSPS) is 28.0. The van der Waals surface area contributed by atoms with Crippen LogP contribution in [0.3, 0.4) is 0 Å². The Kier molecular flexibility index (Phi) is 1.60. The predicted molar refractivity (Wildman–Crippen MR) is 41.6 cm³/mol. The van der Waals surface area contributed by atoms with Gasteiger partial charge in [0.1, 0.15) is 0 Å². The second-order valence-corrected chi connectivity index (χ2v) is 3.08. The largest absolute Gasteiger partial charge is 0.481 e. The van der Waals surface area contributed by atoms with Gasteiger partial charge in [0.25, 0.3) is 0 Å². The van der Waals surface area contributed by atoms with E-state index in [0.29, 0.717) is 0 Å². The van der Waals surface area contributed by atoms with Crippen LogP contribution in [0.5, 0.6) is 0 Å². The maximum Gasteiger partial charge on any atom is 0.308 e. The minimum Gasteiger partial charge on any atom is -0.481 e. The first-order valence-corrected chi connectivity index (χ1v) is 4.01. The minimum atomic E-state index is -0.707. The number of hydrogen-bond donors (Lipinski definition) is 1. The molecule has 0 amide bonds. The van der Waals surface area contributed by atoms with Crippen molar-refractivity contribution in [2.75, 3.05) is 0 Å². The number of carboxylic acid groups (broad SMARTS) is 1. The van der Waals surface area contributed by atoms with Crippen LogP contribution in [0.4, 0.5) is 0 Å². The Labute approximate surface area is 69.8 Å². The van der Waals surface area contributed by atoms with Crippen molar-refractivity contribution in [3.63, 3.8) is 0 Å². The average Bonchev–Trinajstić information content (AvgIpc) is 2.35. The van der Waals surface area contributed by atoms with Gasteiger partial charge in [-0.25, -0.2) is 0 Å². The topological polar surface area (TPSA) is 55.1 Å². The van der Waals surface area contributed by atoms with Gasteiger partial charge in [-0.3, -0.25) is 9.48 Å². The molecule has 2 atom stereocenters. The summed E-state index contributed by atoms with van der Waals surface area (Å²) >= 11 is 0. The third kappa shape index (κ3) is 0.995. The van der Waals surface area contributed by atoms with Gasteiger partial charge in [0.2, 0.25) is 0 Å². The van der Waals surface area contributed by atoms with Gasteiger partial charge in [0.05, 0.1) is 12.0 Å². The summed E-state index contributed by atoms with van der Waals surface area (Å²) in [4.78, 5) is 10.6. The number of aliphatic carboxylic acids is 1. The van der Waals surface area contributed by atoms with Crippen molar-refractivity contribution in [1.82, 2.24) is 9.78 Å². The molecule has 0 spiro atoms. The van der Waals surface area contributed by atoms with Gasteiger partial charge >= 0.3 is 5.97 Å². The zero-order valence-corrected chi connectivity index (χ0v) is 6.55. The van der Waals surface area contributed by atoms with Crippen molar-refractivity contribution in [3.05, 3.63) is 18.5 Å². The molecule has 1 aliphatic carbocycles. The van der Waals surface area contributed by atoms with Crippen molar-refractivity contribution in [2.45, 2.75) is 18.9 Å². The van der Waals surface area contributed by atoms with Crippen LogP contribution < -0.4 is 0 Å². The van der Waals surface area contributed by atoms with Crippen molar-refractivity contribution >= 4 is 5.97 Å². The van der Waals surface area contributed by atoms with E-state index in [1.165, 1.54) is 0 Å². The van der Waals surface area contributed by atoms with E-state index in [1.54, 1.807) is 10.9 Å². The van der Waals surface area contributed by atoms with Gasteiger partial charge < -0.3 is 5.11 Å². The Bertz CT molecular complexity index is 281. The fourth-order valence-electron chi connectivity index (χ4n) is 1.56. The van der Waals surface area contributed by atoms with E-state index in [0.717, 1.165) is 12.8 Å². The van der Waals surface area contributed by atoms with Crippen LogP contribution in [0.25, 0.3) is 0 Å². The van der Waals surface area contributed by atoms with E-state index in [2.05, 4.69) is 5.10 Å². The molecule has 4 nitrogen and oxygen atoms in total. The minimum absolute atomic E-state index is 0.0810. The summed E-state index contributed by atoms with van der Waals surface area (Å²) < 4.78 is 1.74. The molecule has 0 unspecified atom stereocenters. The first-order chi connectivity index (χ1) is 5.79. The number of carboxylic acids is 1. The molecule has 64 valence electrons. The lowest BCUT2D eigenvalue weighted by Gasteiger charge is -2.33. The second kappa shape index (κ2) is 2.62. The summed E-state index contributed by atoms with van der Waals surface area (Å²) in [5.41, 5.74) is 0. The van der Waals surface area contributed by atoms with Crippen molar-refractivity contribution in [2.24, 2.45) is 5.92 Å². The van der Waals surface area contributed by atoms with Gasteiger partial charge in [0.15, 0.2) is 0 Å². The first-order valence-electron chi connectivity index (χ1n) is 4.01. The molecule has 12 heavy (non-hydrogen) atoms. The van der Waals surface area contributed by atoms with Gasteiger partial charge in [-0.15, -0.1) is 0 Å². The molecule has 1 aromatic heterocycles. The molecule has 0 bridgehead atoms. The highest BCUT2D eigenvalue weighted by Crippen LogP contribution is 2.37. The molecule has 1 heterocycles. The summed E-state index contributed by atoms with van der Waals surface area (Å²) in [7, 11) is 0. The molecule has 1 N–H and O–H groups in total. The van der Waals surface area contributed by atoms with Gasteiger partial charge in [0, 0.05) is 12.4 Å². The average molecular weight is 166 g/mol. The van der Waals surface area contributed by atoms with Crippen LogP contribution in [0.1, 0.15) is 18.9 Å². The van der Waals surface area contributed by atoms with E-state index in [1.807, 2.05) is 12.3 Å². The Morgan fingerprint density at radius 2 is 2.42 bits per heavy atom. The maximum atomic E-state index is 10.6. The zero-order valence-electron chi connectivity index (χ0n) is 6.55. The Morgan fingerprint density at radius 1 is 1.58 bits per heavy atom. The Morgan fingerprint density at radius 3 is 2.83 bits per heavy atom. The highest BCUT2D eigenvalue weighted by Gasteiger charge is 2.37. The monoisotopic (exact) mass is 166 g/mol. The molecule has 0 radical (unpaired) electrons. The smallest absolute Gasteiger partial charge is 0.308 e. The zero-order chi connectivity index (χ0) is 8.55. The van der Waals surface area contributed by atoms with Crippen molar-refractivity contribution in [1.29, 1.82) is 0 Å². The Balaban J connectivity index is 2.12. The second-order valence-electron chi connectivity index (χ2n) is 3.08. The van der Waals surface area contributed by atoms with Crippen LogP contribution >= 0.6 is 0 Å².